The summed E-state index contributed by atoms with van der Waals surface area (Å²) in [6.07, 6.45) is -4.00. The number of carbonyl (C=O) groups is 2. The third-order valence-electron chi connectivity index (χ3n) is 3.60. The Hall–Kier alpha value is -1.76. The van der Waals surface area contributed by atoms with Crippen molar-refractivity contribution < 1.29 is 22.8 Å². The molecule has 4 nitrogen and oxygen atoms in total. The molecule has 0 aromatic heterocycles. The van der Waals surface area contributed by atoms with Gasteiger partial charge in [0.05, 0.1) is 17.2 Å². The van der Waals surface area contributed by atoms with Crippen molar-refractivity contribution >= 4 is 29.1 Å². The van der Waals surface area contributed by atoms with E-state index in [1.165, 1.54) is 6.07 Å². The number of benzene rings is 1. The van der Waals surface area contributed by atoms with Crippen molar-refractivity contribution in [3.63, 3.8) is 0 Å². The molecule has 2 amide bonds. The molecule has 1 atom stereocenters. The van der Waals surface area contributed by atoms with Crippen LogP contribution in [-0.2, 0) is 15.8 Å². The maximum absolute atomic E-state index is 13.2. The number of nitrogens with zero attached hydrogens (tertiary/aromatic N) is 1. The van der Waals surface area contributed by atoms with E-state index in [9.17, 15) is 22.8 Å². The summed E-state index contributed by atoms with van der Waals surface area (Å²) in [5.41, 5.74) is -1.24. The van der Waals surface area contributed by atoms with Gasteiger partial charge in [-0.05, 0) is 24.6 Å². The molecule has 0 saturated carbocycles. The van der Waals surface area contributed by atoms with Crippen LogP contribution in [0.25, 0.3) is 0 Å². The molecule has 1 aromatic carbocycles. The smallest absolute Gasteiger partial charge is 0.356 e. The Labute approximate surface area is 136 Å². The van der Waals surface area contributed by atoms with Gasteiger partial charge in [0.2, 0.25) is 11.8 Å². The van der Waals surface area contributed by atoms with Gasteiger partial charge in [0.25, 0.3) is 0 Å². The average molecular weight is 349 g/mol. The van der Waals surface area contributed by atoms with E-state index in [0.29, 0.717) is 6.54 Å². The fourth-order valence-corrected chi connectivity index (χ4v) is 2.65. The van der Waals surface area contributed by atoms with Crippen LogP contribution in [-0.4, -0.2) is 24.9 Å². The first-order valence-corrected chi connectivity index (χ1v) is 7.56. The third-order valence-corrected chi connectivity index (χ3v) is 3.83. The van der Waals surface area contributed by atoms with E-state index < -0.39 is 23.6 Å². The molecule has 126 valence electrons. The van der Waals surface area contributed by atoms with E-state index in [0.717, 1.165) is 23.5 Å². The quantitative estimate of drug-likeness (QED) is 0.908. The summed E-state index contributed by atoms with van der Waals surface area (Å²) in [6, 6.07) is 3.24. The Morgan fingerprint density at radius 1 is 1.43 bits per heavy atom. The molecule has 1 aromatic rings. The van der Waals surface area contributed by atoms with Crippen LogP contribution < -0.4 is 10.2 Å². The van der Waals surface area contributed by atoms with Gasteiger partial charge >= 0.3 is 6.18 Å². The molecule has 1 N–H and O–H groups in total. The van der Waals surface area contributed by atoms with Crippen molar-refractivity contribution in [3.8, 4) is 0 Å². The lowest BCUT2D eigenvalue weighted by Crippen LogP contribution is -2.33. The lowest BCUT2D eigenvalue weighted by atomic mass is 10.1. The van der Waals surface area contributed by atoms with Crippen molar-refractivity contribution in [1.82, 2.24) is 5.32 Å². The summed E-state index contributed by atoms with van der Waals surface area (Å²) in [7, 11) is 0. The van der Waals surface area contributed by atoms with Crippen molar-refractivity contribution in [2.24, 2.45) is 5.92 Å². The number of anilines is 1. The minimum Gasteiger partial charge on any atom is -0.356 e. The Kier molecular flexibility index (Phi) is 5.19. The van der Waals surface area contributed by atoms with Crippen LogP contribution in [0, 0.1) is 5.92 Å². The van der Waals surface area contributed by atoms with Gasteiger partial charge in [0.1, 0.15) is 0 Å². The van der Waals surface area contributed by atoms with E-state index in [4.69, 9.17) is 11.6 Å². The lowest BCUT2D eigenvalue weighted by molar-refractivity contribution is -0.137. The molecule has 1 unspecified atom stereocenters. The van der Waals surface area contributed by atoms with Gasteiger partial charge in [-0.2, -0.15) is 13.2 Å². The maximum atomic E-state index is 13.2. The molecule has 1 aliphatic heterocycles. The van der Waals surface area contributed by atoms with E-state index in [1.807, 2.05) is 6.92 Å². The summed E-state index contributed by atoms with van der Waals surface area (Å²) in [6.45, 7) is 2.28. The molecule has 23 heavy (non-hydrogen) atoms. The molecule has 2 rings (SSSR count). The SMILES string of the molecule is CCCNC(=O)C1CC(=O)N(c2ccc(Cl)cc2C(F)(F)F)C1. The first kappa shape index (κ1) is 17.6. The standard InChI is InChI=1S/C15H16ClF3N2O2/c1-2-5-20-14(23)9-6-13(22)21(8-9)12-4-3-10(16)7-11(12)15(17,18)19/h3-4,7,9H,2,5-6,8H2,1H3,(H,20,23). The second-order valence-electron chi connectivity index (χ2n) is 5.36. The predicted molar refractivity (Wildman–Crippen MR) is 80.2 cm³/mol. The highest BCUT2D eigenvalue weighted by Gasteiger charge is 2.40. The highest BCUT2D eigenvalue weighted by molar-refractivity contribution is 6.30. The minimum atomic E-state index is -4.64. The Morgan fingerprint density at radius 3 is 2.74 bits per heavy atom. The highest BCUT2D eigenvalue weighted by atomic mass is 35.5. The van der Waals surface area contributed by atoms with Crippen LogP contribution in [0.15, 0.2) is 18.2 Å². The van der Waals surface area contributed by atoms with Crippen LogP contribution in [0.3, 0.4) is 0 Å². The summed E-state index contributed by atoms with van der Waals surface area (Å²) in [4.78, 5) is 25.0. The number of halogens is 4. The van der Waals surface area contributed by atoms with E-state index in [2.05, 4.69) is 5.32 Å². The fourth-order valence-electron chi connectivity index (χ4n) is 2.48. The summed E-state index contributed by atoms with van der Waals surface area (Å²) >= 11 is 5.63. The largest absolute Gasteiger partial charge is 0.418 e. The van der Waals surface area contributed by atoms with E-state index >= 15 is 0 Å². The second-order valence-corrected chi connectivity index (χ2v) is 5.79. The zero-order chi connectivity index (χ0) is 17.2. The lowest BCUT2D eigenvalue weighted by Gasteiger charge is -2.22. The van der Waals surface area contributed by atoms with Crippen molar-refractivity contribution in [3.05, 3.63) is 28.8 Å². The number of hydrogen-bond acceptors (Lipinski definition) is 2. The fraction of sp³-hybridized carbons (Fsp3) is 0.467. The molecule has 0 spiro atoms. The molecule has 1 fully saturated rings. The second kappa shape index (κ2) is 6.78. The van der Waals surface area contributed by atoms with Gasteiger partial charge < -0.3 is 10.2 Å². The minimum absolute atomic E-state index is 0.0649. The van der Waals surface area contributed by atoms with Gasteiger partial charge in [-0.1, -0.05) is 18.5 Å². The zero-order valence-corrected chi connectivity index (χ0v) is 13.2. The number of nitrogens with one attached hydrogen (secondary N) is 1. The van der Waals surface area contributed by atoms with Gasteiger partial charge in [-0.15, -0.1) is 0 Å². The number of hydrogen-bond donors (Lipinski definition) is 1. The zero-order valence-electron chi connectivity index (χ0n) is 12.4. The van der Waals surface area contributed by atoms with Crippen molar-refractivity contribution in [2.45, 2.75) is 25.9 Å². The Balaban J connectivity index is 2.26. The van der Waals surface area contributed by atoms with E-state index in [1.54, 1.807) is 0 Å². The van der Waals surface area contributed by atoms with Crippen LogP contribution in [0.4, 0.5) is 18.9 Å². The highest BCUT2D eigenvalue weighted by Crippen LogP contribution is 2.40. The summed E-state index contributed by atoms with van der Waals surface area (Å²) in [5, 5.41) is 2.59. The van der Waals surface area contributed by atoms with Crippen LogP contribution in [0.1, 0.15) is 25.3 Å². The molecular formula is C15H16ClF3N2O2. The van der Waals surface area contributed by atoms with E-state index in [-0.39, 0.29) is 29.6 Å². The predicted octanol–water partition coefficient (Wildman–Crippen LogP) is 3.24. The first-order chi connectivity index (χ1) is 10.7. The third kappa shape index (κ3) is 3.96. The first-order valence-electron chi connectivity index (χ1n) is 7.19. The van der Waals surface area contributed by atoms with Crippen LogP contribution >= 0.6 is 11.6 Å². The van der Waals surface area contributed by atoms with Gasteiger partial charge in [-0.25, -0.2) is 0 Å². The van der Waals surface area contributed by atoms with Crippen LogP contribution in [0.5, 0.6) is 0 Å². The molecule has 1 saturated heterocycles. The van der Waals surface area contributed by atoms with Gasteiger partial charge in [-0.3, -0.25) is 9.59 Å². The number of carbonyl (C=O) groups excluding carboxylic acids is 2. The summed E-state index contributed by atoms with van der Waals surface area (Å²) in [5.74, 6) is -1.47. The monoisotopic (exact) mass is 348 g/mol. The Morgan fingerprint density at radius 2 is 2.13 bits per heavy atom. The molecule has 0 bridgehead atoms. The van der Waals surface area contributed by atoms with Crippen LogP contribution in [0.2, 0.25) is 5.02 Å². The maximum Gasteiger partial charge on any atom is 0.418 e. The molecule has 1 heterocycles. The Bertz CT molecular complexity index is 619. The molecule has 0 aliphatic carbocycles. The number of rotatable bonds is 4. The molecular weight excluding hydrogens is 333 g/mol. The topological polar surface area (TPSA) is 49.4 Å². The molecule has 0 radical (unpaired) electrons. The van der Waals surface area contributed by atoms with Crippen molar-refractivity contribution in [2.75, 3.05) is 18.0 Å². The summed E-state index contributed by atoms with van der Waals surface area (Å²) < 4.78 is 39.5. The van der Waals surface area contributed by atoms with Gasteiger partial charge in [0.15, 0.2) is 0 Å². The number of alkyl halides is 3. The van der Waals surface area contributed by atoms with Gasteiger partial charge in [0, 0.05) is 24.5 Å². The van der Waals surface area contributed by atoms with Crippen molar-refractivity contribution in [1.29, 1.82) is 0 Å². The average Bonchev–Trinajstić information content (AvgIpc) is 2.86. The molecule has 1 aliphatic rings. The number of amides is 2. The normalized spacial score (nSPS) is 18.4. The molecule has 8 heteroatoms.